The number of halogens is 6. The monoisotopic (exact) mass is 402 g/mol. The molecule has 0 spiro atoms. The van der Waals surface area contributed by atoms with Crippen LogP contribution in [-0.2, 0) is 35.1 Å². The Bertz CT molecular complexity index is 672. The Morgan fingerprint density at radius 1 is 1.15 bits per heavy atom. The molecule has 12 heteroatoms. The number of hydrogen-bond acceptors (Lipinski definition) is 6. The third-order valence-corrected chi connectivity index (χ3v) is 3.50. The van der Waals surface area contributed by atoms with Gasteiger partial charge in [-0.15, -0.1) is 0 Å². The van der Waals surface area contributed by atoms with Gasteiger partial charge in [-0.3, -0.25) is 0 Å². The maximum absolute atomic E-state index is 13.0. The molecule has 1 aliphatic rings. The fraction of sp³-hybridized carbons (Fsp3) is 0.467. The first-order valence-corrected chi connectivity index (χ1v) is 7.20. The van der Waals surface area contributed by atoms with E-state index in [0.717, 1.165) is 7.11 Å². The van der Waals surface area contributed by atoms with E-state index in [4.69, 9.17) is 4.74 Å². The van der Waals surface area contributed by atoms with Gasteiger partial charge in [0.2, 0.25) is 0 Å². The minimum absolute atomic E-state index is 0.418. The highest BCUT2D eigenvalue weighted by Gasteiger charge is 2.81. The number of methoxy groups -OCH3 is 1. The van der Waals surface area contributed by atoms with Crippen molar-refractivity contribution in [1.82, 2.24) is 0 Å². The zero-order valence-corrected chi connectivity index (χ0v) is 13.5. The molecule has 1 saturated heterocycles. The predicted octanol–water partition coefficient (Wildman–Crippen LogP) is 2.51. The molecule has 1 heterocycles. The number of carbonyl (C=O) groups is 2. The largest absolute Gasteiger partial charge is 0.467 e. The lowest BCUT2D eigenvalue weighted by molar-refractivity contribution is -0.440. The van der Waals surface area contributed by atoms with E-state index in [-0.39, 0.29) is 0 Å². The smallest absolute Gasteiger partial charge is 0.465 e. The summed E-state index contributed by atoms with van der Waals surface area (Å²) in [5.41, 5.74) is 0.427. The fourth-order valence-corrected chi connectivity index (χ4v) is 2.20. The highest BCUT2D eigenvalue weighted by Crippen LogP contribution is 2.50. The van der Waals surface area contributed by atoms with Gasteiger partial charge in [0, 0.05) is 0 Å². The Hall–Kier alpha value is -2.34. The summed E-state index contributed by atoms with van der Waals surface area (Å²) in [5.74, 6) is -8.68. The Kier molecular flexibility index (Phi) is 5.71. The maximum atomic E-state index is 13.0. The number of benzene rings is 1. The summed E-state index contributed by atoms with van der Waals surface area (Å²) in [5, 5.41) is 0. The molecule has 150 valence electrons. The molecule has 0 bridgehead atoms. The fourth-order valence-electron chi connectivity index (χ4n) is 2.20. The molecule has 6 nitrogen and oxygen atoms in total. The van der Waals surface area contributed by atoms with Crippen LogP contribution >= 0.6 is 0 Å². The normalized spacial score (nSPS) is 20.9. The Morgan fingerprint density at radius 3 is 2.15 bits per heavy atom. The number of cyclic esters (lactones) is 1. The Labute approximate surface area is 147 Å². The van der Waals surface area contributed by atoms with Gasteiger partial charge in [-0.25, -0.2) is 9.59 Å². The van der Waals surface area contributed by atoms with Gasteiger partial charge in [-0.1, -0.05) is 30.3 Å². The summed E-state index contributed by atoms with van der Waals surface area (Å²) >= 11 is 0. The topological polar surface area (TPSA) is 71.1 Å². The maximum Gasteiger partial charge on any atom is 0.465 e. The van der Waals surface area contributed by atoms with Crippen LogP contribution in [0.1, 0.15) is 5.56 Å². The van der Waals surface area contributed by atoms with Crippen LogP contribution in [0.3, 0.4) is 0 Å². The number of ether oxygens (including phenoxy) is 4. The van der Waals surface area contributed by atoms with Crippen LogP contribution in [0.4, 0.5) is 26.3 Å². The van der Waals surface area contributed by atoms with Crippen molar-refractivity contribution in [2.24, 2.45) is 0 Å². The molecule has 2 rings (SSSR count). The van der Waals surface area contributed by atoms with Gasteiger partial charge in [0.15, 0.2) is 12.2 Å². The molecule has 1 aromatic carbocycles. The van der Waals surface area contributed by atoms with Crippen LogP contribution in [0.2, 0.25) is 0 Å². The van der Waals surface area contributed by atoms with Crippen LogP contribution in [-0.4, -0.2) is 49.4 Å². The van der Waals surface area contributed by atoms with Crippen molar-refractivity contribution in [1.29, 1.82) is 0 Å². The molecule has 0 amide bonds. The lowest BCUT2D eigenvalue weighted by atomic mass is 10.2. The van der Waals surface area contributed by atoms with Gasteiger partial charge in [-0.2, -0.15) is 26.3 Å². The minimum atomic E-state index is -6.14. The highest BCUT2D eigenvalue weighted by molar-refractivity contribution is 5.87. The van der Waals surface area contributed by atoms with Crippen molar-refractivity contribution in [2.75, 3.05) is 7.11 Å². The van der Waals surface area contributed by atoms with Crippen molar-refractivity contribution in [3.63, 3.8) is 0 Å². The molecule has 0 aliphatic carbocycles. The number of alkyl halides is 6. The molecule has 0 aromatic heterocycles. The van der Waals surface area contributed by atoms with Crippen molar-refractivity contribution in [2.45, 2.75) is 37.0 Å². The van der Waals surface area contributed by atoms with E-state index in [1.807, 2.05) is 0 Å². The lowest BCUT2D eigenvalue weighted by Crippen LogP contribution is -2.58. The summed E-state index contributed by atoms with van der Waals surface area (Å²) < 4.78 is 94.6. The van der Waals surface area contributed by atoms with Crippen LogP contribution in [0, 0.1) is 0 Å². The summed E-state index contributed by atoms with van der Waals surface area (Å²) in [4.78, 5) is 23.5. The van der Waals surface area contributed by atoms with Crippen LogP contribution in [0.25, 0.3) is 0 Å². The lowest BCUT2D eigenvalue weighted by Gasteiger charge is -2.30. The Balaban J connectivity index is 2.30. The van der Waals surface area contributed by atoms with Gasteiger partial charge in [0.05, 0.1) is 13.7 Å². The summed E-state index contributed by atoms with van der Waals surface area (Å²) in [6, 6.07) is 7.81. The third-order valence-electron chi connectivity index (χ3n) is 3.50. The van der Waals surface area contributed by atoms with Crippen LogP contribution < -0.4 is 0 Å². The van der Waals surface area contributed by atoms with E-state index in [0.29, 0.717) is 5.56 Å². The van der Waals surface area contributed by atoms with Gasteiger partial charge >= 0.3 is 30.1 Å². The van der Waals surface area contributed by atoms with E-state index >= 15 is 0 Å². The number of esters is 2. The molecule has 0 radical (unpaired) electrons. The molecule has 2 atom stereocenters. The van der Waals surface area contributed by atoms with Gasteiger partial charge < -0.3 is 18.9 Å². The molecule has 1 aromatic rings. The number of hydrogen-bond donors (Lipinski definition) is 0. The molecular weight excluding hydrogens is 390 g/mol. The molecule has 27 heavy (non-hydrogen) atoms. The van der Waals surface area contributed by atoms with E-state index in [2.05, 4.69) is 14.2 Å². The summed E-state index contributed by atoms with van der Waals surface area (Å²) in [7, 11) is 0.808. The second-order valence-electron chi connectivity index (χ2n) is 5.31. The average molecular weight is 402 g/mol. The van der Waals surface area contributed by atoms with Crippen LogP contribution in [0.15, 0.2) is 30.3 Å². The first-order valence-electron chi connectivity index (χ1n) is 7.20. The molecule has 1 aliphatic heterocycles. The predicted molar refractivity (Wildman–Crippen MR) is 72.8 cm³/mol. The molecule has 0 saturated carbocycles. The van der Waals surface area contributed by atoms with Crippen molar-refractivity contribution in [3.8, 4) is 0 Å². The second-order valence-corrected chi connectivity index (χ2v) is 5.31. The molecule has 0 N–H and O–H groups in total. The standard InChI is InChI=1S/C15H12F6O6/c1-24-11(22)9(25-7-8-5-3-2-4-6-8)10-12(23)27-13(26-10,14(16,17)18)15(19,20)21/h2-6,9-10H,7H2,1H3/t9-,10-/m1/s1. The SMILES string of the molecule is COC(=O)[C@H](OCc1ccccc1)[C@H]1OC(C(F)(F)F)(C(F)(F)F)OC1=O. The number of carbonyl (C=O) groups excluding carboxylic acids is 2. The van der Waals surface area contributed by atoms with Gasteiger partial charge in [-0.05, 0) is 5.56 Å². The zero-order valence-electron chi connectivity index (χ0n) is 13.5. The van der Waals surface area contributed by atoms with Gasteiger partial charge in [0.25, 0.3) is 0 Å². The average Bonchev–Trinajstić information content (AvgIpc) is 2.94. The summed E-state index contributed by atoms with van der Waals surface area (Å²) in [6.45, 7) is -0.418. The second kappa shape index (κ2) is 7.35. The van der Waals surface area contributed by atoms with E-state index in [1.165, 1.54) is 12.1 Å². The third kappa shape index (κ3) is 4.00. The number of rotatable bonds is 5. The van der Waals surface area contributed by atoms with Crippen molar-refractivity contribution in [3.05, 3.63) is 35.9 Å². The zero-order chi connectivity index (χ0) is 20.5. The molecule has 1 fully saturated rings. The quantitative estimate of drug-likeness (QED) is 0.557. The van der Waals surface area contributed by atoms with E-state index < -0.39 is 48.9 Å². The van der Waals surface area contributed by atoms with Crippen molar-refractivity contribution >= 4 is 11.9 Å². The van der Waals surface area contributed by atoms with E-state index in [9.17, 15) is 35.9 Å². The first-order chi connectivity index (χ1) is 12.4. The van der Waals surface area contributed by atoms with Crippen molar-refractivity contribution < 1.29 is 54.9 Å². The molecular formula is C15H12F6O6. The first kappa shape index (κ1) is 21.0. The Morgan fingerprint density at radius 2 is 1.70 bits per heavy atom. The van der Waals surface area contributed by atoms with Crippen LogP contribution in [0.5, 0.6) is 0 Å². The van der Waals surface area contributed by atoms with E-state index in [1.54, 1.807) is 18.2 Å². The molecule has 0 unspecified atom stereocenters. The minimum Gasteiger partial charge on any atom is -0.467 e. The van der Waals surface area contributed by atoms with Gasteiger partial charge in [0.1, 0.15) is 0 Å². The summed E-state index contributed by atoms with van der Waals surface area (Å²) in [6.07, 6.45) is -17.1. The highest BCUT2D eigenvalue weighted by atomic mass is 19.4.